The third-order valence-corrected chi connectivity index (χ3v) is 5.52. The Balaban J connectivity index is 2.26. The number of rotatable bonds is 3. The Hall–Kier alpha value is 0.160. The van der Waals surface area contributed by atoms with Gasteiger partial charge in [0.15, 0.2) is 4.67 Å². The molecule has 17 heavy (non-hydrogen) atoms. The van der Waals surface area contributed by atoms with Crippen molar-refractivity contribution in [3.8, 4) is 0 Å². The number of hydrogen-bond donors (Lipinski definition) is 2. The molecule has 1 aliphatic carbocycles. The molecule has 5 heteroatoms. The SMILES string of the molecule is CC1CCC(CN)(C(O)c2cc(Br)c(Br)o2)C1. The molecule has 0 amide bonds. The lowest BCUT2D eigenvalue weighted by Gasteiger charge is -2.31. The monoisotopic (exact) mass is 365 g/mol. The fourth-order valence-electron chi connectivity index (χ4n) is 2.78. The van der Waals surface area contributed by atoms with Crippen molar-refractivity contribution in [1.82, 2.24) is 0 Å². The lowest BCUT2D eigenvalue weighted by Crippen LogP contribution is -2.34. The third-order valence-electron chi connectivity index (χ3n) is 3.81. The highest BCUT2D eigenvalue weighted by molar-refractivity contribution is 9.13. The van der Waals surface area contributed by atoms with Gasteiger partial charge in [-0.3, -0.25) is 0 Å². The molecule has 0 saturated heterocycles. The fourth-order valence-corrected chi connectivity index (χ4v) is 3.39. The van der Waals surface area contributed by atoms with Gasteiger partial charge < -0.3 is 15.3 Å². The summed E-state index contributed by atoms with van der Waals surface area (Å²) >= 11 is 6.65. The van der Waals surface area contributed by atoms with Crippen molar-refractivity contribution < 1.29 is 9.52 Å². The summed E-state index contributed by atoms with van der Waals surface area (Å²) in [5, 5.41) is 10.5. The van der Waals surface area contributed by atoms with Crippen LogP contribution in [0.2, 0.25) is 0 Å². The molecular weight excluding hydrogens is 350 g/mol. The molecule has 3 atom stereocenters. The van der Waals surface area contributed by atoms with Crippen LogP contribution in [0.3, 0.4) is 0 Å². The third kappa shape index (κ3) is 2.48. The largest absolute Gasteiger partial charge is 0.450 e. The first kappa shape index (κ1) is 13.6. The molecule has 1 heterocycles. The van der Waals surface area contributed by atoms with Crippen LogP contribution in [0.1, 0.15) is 38.1 Å². The molecule has 3 unspecified atom stereocenters. The maximum Gasteiger partial charge on any atom is 0.183 e. The van der Waals surface area contributed by atoms with Gasteiger partial charge in [0.1, 0.15) is 11.9 Å². The second-order valence-electron chi connectivity index (χ2n) is 5.09. The summed E-state index contributed by atoms with van der Waals surface area (Å²) in [7, 11) is 0. The molecule has 96 valence electrons. The van der Waals surface area contributed by atoms with Gasteiger partial charge >= 0.3 is 0 Å². The van der Waals surface area contributed by atoms with Gasteiger partial charge in [-0.25, -0.2) is 0 Å². The van der Waals surface area contributed by atoms with E-state index in [1.807, 2.05) is 6.07 Å². The molecule has 0 spiro atoms. The fraction of sp³-hybridized carbons (Fsp3) is 0.667. The number of aliphatic hydroxyl groups is 1. The van der Waals surface area contributed by atoms with E-state index in [0.717, 1.165) is 23.7 Å². The second kappa shape index (κ2) is 5.03. The molecule has 1 aliphatic rings. The van der Waals surface area contributed by atoms with Gasteiger partial charge in [0.05, 0.1) is 4.47 Å². The van der Waals surface area contributed by atoms with E-state index < -0.39 is 6.10 Å². The van der Waals surface area contributed by atoms with Crippen molar-refractivity contribution in [2.75, 3.05) is 6.54 Å². The van der Waals surface area contributed by atoms with E-state index in [4.69, 9.17) is 10.2 Å². The predicted octanol–water partition coefficient (Wildman–Crippen LogP) is 3.60. The van der Waals surface area contributed by atoms with Crippen molar-refractivity contribution in [3.63, 3.8) is 0 Å². The first-order valence-electron chi connectivity index (χ1n) is 5.81. The molecule has 0 aliphatic heterocycles. The number of aliphatic hydroxyl groups excluding tert-OH is 1. The summed E-state index contributed by atoms with van der Waals surface area (Å²) in [5.74, 6) is 1.21. The highest BCUT2D eigenvalue weighted by Gasteiger charge is 2.44. The Morgan fingerprint density at radius 3 is 2.76 bits per heavy atom. The highest BCUT2D eigenvalue weighted by Crippen LogP contribution is 2.50. The normalized spacial score (nSPS) is 30.8. The van der Waals surface area contributed by atoms with E-state index in [9.17, 15) is 5.11 Å². The molecule has 0 aromatic carbocycles. The number of nitrogens with two attached hydrogens (primary N) is 1. The van der Waals surface area contributed by atoms with Crippen molar-refractivity contribution in [1.29, 1.82) is 0 Å². The minimum atomic E-state index is -0.625. The zero-order valence-corrected chi connectivity index (χ0v) is 12.9. The predicted molar refractivity (Wildman–Crippen MR) is 73.6 cm³/mol. The summed E-state index contributed by atoms with van der Waals surface area (Å²) in [5.41, 5.74) is 5.66. The van der Waals surface area contributed by atoms with Gasteiger partial charge in [-0.1, -0.05) is 13.3 Å². The van der Waals surface area contributed by atoms with Crippen LogP contribution >= 0.6 is 31.9 Å². The topological polar surface area (TPSA) is 59.4 Å². The standard InChI is InChI=1S/C12H17Br2NO2/c1-7-2-3-12(5-7,6-15)10(16)9-4-8(13)11(14)17-9/h4,7,10,16H,2-3,5-6,15H2,1H3. The van der Waals surface area contributed by atoms with Crippen LogP contribution in [0.4, 0.5) is 0 Å². The number of halogens is 2. The minimum Gasteiger partial charge on any atom is -0.450 e. The summed E-state index contributed by atoms with van der Waals surface area (Å²) < 4.78 is 6.95. The summed E-state index contributed by atoms with van der Waals surface area (Å²) in [6, 6.07) is 1.81. The van der Waals surface area contributed by atoms with Crippen LogP contribution in [0.5, 0.6) is 0 Å². The molecule has 1 saturated carbocycles. The van der Waals surface area contributed by atoms with Crippen molar-refractivity contribution in [2.24, 2.45) is 17.1 Å². The Bertz CT molecular complexity index is 388. The lowest BCUT2D eigenvalue weighted by molar-refractivity contribution is 0.0137. The molecule has 2 rings (SSSR count). The van der Waals surface area contributed by atoms with Crippen molar-refractivity contribution in [3.05, 3.63) is 21.0 Å². The minimum absolute atomic E-state index is 0.226. The summed E-state index contributed by atoms with van der Waals surface area (Å²) in [6.07, 6.45) is 2.42. The number of hydrogen-bond acceptors (Lipinski definition) is 3. The smallest absolute Gasteiger partial charge is 0.183 e. The van der Waals surface area contributed by atoms with Crippen LogP contribution in [-0.2, 0) is 0 Å². The van der Waals surface area contributed by atoms with Gasteiger partial charge in [0.25, 0.3) is 0 Å². The average molecular weight is 367 g/mol. The Kier molecular flexibility index (Phi) is 4.02. The van der Waals surface area contributed by atoms with Gasteiger partial charge in [-0.05, 0) is 56.7 Å². The molecule has 0 radical (unpaired) electrons. The quantitative estimate of drug-likeness (QED) is 0.859. The Morgan fingerprint density at radius 2 is 2.35 bits per heavy atom. The lowest BCUT2D eigenvalue weighted by atomic mass is 9.78. The van der Waals surface area contributed by atoms with Crippen LogP contribution in [0, 0.1) is 11.3 Å². The summed E-state index contributed by atoms with van der Waals surface area (Å²) in [6.45, 7) is 2.70. The molecule has 0 bridgehead atoms. The maximum absolute atomic E-state index is 10.5. The van der Waals surface area contributed by atoms with E-state index >= 15 is 0 Å². The van der Waals surface area contributed by atoms with Crippen LogP contribution in [0.25, 0.3) is 0 Å². The van der Waals surface area contributed by atoms with Crippen LogP contribution < -0.4 is 5.73 Å². The zero-order chi connectivity index (χ0) is 12.6. The molecule has 3 N–H and O–H groups in total. The van der Waals surface area contributed by atoms with Crippen molar-refractivity contribution in [2.45, 2.75) is 32.3 Å². The second-order valence-corrected chi connectivity index (χ2v) is 6.66. The van der Waals surface area contributed by atoms with Crippen LogP contribution in [-0.4, -0.2) is 11.7 Å². The highest BCUT2D eigenvalue weighted by atomic mass is 79.9. The summed E-state index contributed by atoms with van der Waals surface area (Å²) in [4.78, 5) is 0. The molecule has 3 nitrogen and oxygen atoms in total. The Morgan fingerprint density at radius 1 is 1.65 bits per heavy atom. The molecule has 1 fully saturated rings. The molecular formula is C12H17Br2NO2. The van der Waals surface area contributed by atoms with E-state index in [-0.39, 0.29) is 5.41 Å². The first-order valence-corrected chi connectivity index (χ1v) is 7.40. The maximum atomic E-state index is 10.5. The van der Waals surface area contributed by atoms with E-state index in [0.29, 0.717) is 22.9 Å². The first-order chi connectivity index (χ1) is 7.98. The van der Waals surface area contributed by atoms with Crippen molar-refractivity contribution >= 4 is 31.9 Å². The van der Waals surface area contributed by atoms with Gasteiger partial charge in [0.2, 0.25) is 0 Å². The number of furan rings is 1. The van der Waals surface area contributed by atoms with Crippen LogP contribution in [0.15, 0.2) is 19.6 Å². The van der Waals surface area contributed by atoms with E-state index in [2.05, 4.69) is 38.8 Å². The Labute approximate surface area is 118 Å². The molecule has 1 aromatic rings. The van der Waals surface area contributed by atoms with Gasteiger partial charge in [-0.15, -0.1) is 0 Å². The molecule has 1 aromatic heterocycles. The zero-order valence-electron chi connectivity index (χ0n) is 9.75. The van der Waals surface area contributed by atoms with E-state index in [1.54, 1.807) is 0 Å². The van der Waals surface area contributed by atoms with E-state index in [1.165, 1.54) is 0 Å². The average Bonchev–Trinajstić information content (AvgIpc) is 2.84. The van der Waals surface area contributed by atoms with Gasteiger partial charge in [0, 0.05) is 12.0 Å². The van der Waals surface area contributed by atoms with Gasteiger partial charge in [-0.2, -0.15) is 0 Å².